The molecule has 2 heterocycles. The van der Waals surface area contributed by atoms with E-state index in [-0.39, 0.29) is 44.4 Å². The molecular weight excluding hydrogens is 713 g/mol. The van der Waals surface area contributed by atoms with Crippen molar-refractivity contribution in [1.29, 1.82) is 0 Å². The fourth-order valence-corrected chi connectivity index (χ4v) is 6.65. The van der Waals surface area contributed by atoms with E-state index in [4.69, 9.17) is 5.73 Å². The average molecular weight is 763 g/mol. The predicted molar refractivity (Wildman–Crippen MR) is 206 cm³/mol. The lowest BCUT2D eigenvalue weighted by Crippen LogP contribution is -2.60. The lowest BCUT2D eigenvalue weighted by Gasteiger charge is -2.28. The van der Waals surface area contributed by atoms with Crippen LogP contribution in [-0.4, -0.2) is 95.1 Å². The predicted octanol–water partition coefficient (Wildman–Crippen LogP) is 0.572. The van der Waals surface area contributed by atoms with Crippen molar-refractivity contribution in [2.75, 3.05) is 18.6 Å². The zero-order valence-corrected chi connectivity index (χ0v) is 31.6. The van der Waals surface area contributed by atoms with Gasteiger partial charge in [0.05, 0.1) is 6.54 Å². The van der Waals surface area contributed by atoms with Crippen molar-refractivity contribution >= 4 is 64.0 Å². The Kier molecular flexibility index (Phi) is 15.5. The first kappa shape index (κ1) is 41.4. The zero-order chi connectivity index (χ0) is 39.2. The molecule has 5 atom stereocenters. The molecule has 2 aromatic carbocycles. The molecule has 3 aromatic rings. The van der Waals surface area contributed by atoms with Gasteiger partial charge in [-0.2, -0.15) is 11.8 Å². The van der Waals surface area contributed by atoms with Crippen molar-refractivity contribution in [3.63, 3.8) is 0 Å². The second kappa shape index (κ2) is 20.2. The second-order valence-electron chi connectivity index (χ2n) is 13.8. The van der Waals surface area contributed by atoms with E-state index < -0.39 is 78.1 Å². The first-order valence-electron chi connectivity index (χ1n) is 18.0. The van der Waals surface area contributed by atoms with Gasteiger partial charge in [0.2, 0.25) is 41.4 Å². The number of aromatic nitrogens is 1. The van der Waals surface area contributed by atoms with Crippen LogP contribution in [0.2, 0.25) is 0 Å². The van der Waals surface area contributed by atoms with Crippen molar-refractivity contribution in [2.24, 2.45) is 11.7 Å². The number of rotatable bonds is 12. The number of H-pyrrole nitrogens is 1. The maximum absolute atomic E-state index is 14.2. The molecule has 9 N–H and O–H groups in total. The molecule has 15 nitrogen and oxygen atoms in total. The van der Waals surface area contributed by atoms with E-state index in [2.05, 4.69) is 36.9 Å². The third kappa shape index (κ3) is 12.4. The van der Waals surface area contributed by atoms with Gasteiger partial charge >= 0.3 is 0 Å². The van der Waals surface area contributed by atoms with Gasteiger partial charge in [-0.05, 0) is 54.4 Å². The number of hydrogen-bond acceptors (Lipinski definition) is 8. The summed E-state index contributed by atoms with van der Waals surface area (Å²) in [4.78, 5) is 97.6. The van der Waals surface area contributed by atoms with Crippen LogP contribution in [0.5, 0.6) is 0 Å². The molecule has 0 spiro atoms. The molecule has 1 aliphatic rings. The Morgan fingerprint density at radius 2 is 1.30 bits per heavy atom. The van der Waals surface area contributed by atoms with Crippen LogP contribution < -0.4 is 37.6 Å². The first-order valence-corrected chi connectivity index (χ1v) is 19.4. The molecule has 16 heteroatoms. The largest absolute Gasteiger partial charge is 0.370 e. The van der Waals surface area contributed by atoms with Gasteiger partial charge in [-0.25, -0.2) is 0 Å². The molecule has 1 saturated heterocycles. The highest BCUT2D eigenvalue weighted by Gasteiger charge is 2.34. The van der Waals surface area contributed by atoms with Gasteiger partial charge in [0, 0.05) is 36.4 Å². The topological polar surface area (TPSA) is 233 Å². The molecule has 0 aliphatic carbocycles. The molecule has 1 fully saturated rings. The Labute approximate surface area is 318 Å². The molecule has 4 rings (SSSR count). The van der Waals surface area contributed by atoms with Crippen molar-refractivity contribution in [2.45, 2.75) is 82.6 Å². The van der Waals surface area contributed by atoms with Crippen LogP contribution in [0.1, 0.15) is 50.7 Å². The maximum Gasteiger partial charge on any atom is 0.243 e. The summed E-state index contributed by atoms with van der Waals surface area (Å²) in [6.07, 6.45) is 3.57. The SMILES string of the molecule is CSCC[C@H]1NC(=O)[C@H](CC(C)C)NC(=O)CNC(=O)[C@H](Cc2ccccc2)NC(=O)[C@@H](Cc2c[nH]c3ccccc23)NC(=O)C(CCC(N)=O)NC1=O. The lowest BCUT2D eigenvalue weighted by molar-refractivity contribution is -0.136. The van der Waals surface area contributed by atoms with Crippen LogP contribution in [0.4, 0.5) is 0 Å². The number of nitrogens with two attached hydrogens (primary N) is 1. The quantitative estimate of drug-likeness (QED) is 0.130. The van der Waals surface area contributed by atoms with Gasteiger partial charge in [0.15, 0.2) is 0 Å². The second-order valence-corrected chi connectivity index (χ2v) is 14.7. The van der Waals surface area contributed by atoms with Crippen LogP contribution in [-0.2, 0) is 46.4 Å². The molecule has 7 amide bonds. The monoisotopic (exact) mass is 762 g/mol. The fraction of sp³-hybridized carbons (Fsp3) is 0.447. The first-order chi connectivity index (χ1) is 25.8. The highest BCUT2D eigenvalue weighted by Crippen LogP contribution is 2.20. The van der Waals surface area contributed by atoms with Crippen LogP contribution in [0.3, 0.4) is 0 Å². The number of carbonyl (C=O) groups excluding carboxylic acids is 7. The molecule has 0 radical (unpaired) electrons. The van der Waals surface area contributed by atoms with E-state index >= 15 is 0 Å². The Morgan fingerprint density at radius 1 is 0.722 bits per heavy atom. The summed E-state index contributed by atoms with van der Waals surface area (Å²) in [7, 11) is 0. The Morgan fingerprint density at radius 3 is 1.94 bits per heavy atom. The van der Waals surface area contributed by atoms with Gasteiger partial charge in [0.1, 0.15) is 30.2 Å². The minimum Gasteiger partial charge on any atom is -0.370 e. The Balaban J connectivity index is 1.75. The van der Waals surface area contributed by atoms with Crippen molar-refractivity contribution in [3.8, 4) is 0 Å². The van der Waals surface area contributed by atoms with Crippen LogP contribution in [0, 0.1) is 5.92 Å². The summed E-state index contributed by atoms with van der Waals surface area (Å²) >= 11 is 1.44. The number of hydrogen-bond donors (Lipinski definition) is 8. The maximum atomic E-state index is 14.2. The molecular formula is C38H50N8O7S. The third-order valence-electron chi connectivity index (χ3n) is 8.99. The van der Waals surface area contributed by atoms with Crippen LogP contribution in [0.15, 0.2) is 60.8 Å². The summed E-state index contributed by atoms with van der Waals surface area (Å²) in [5, 5.41) is 17.0. The summed E-state index contributed by atoms with van der Waals surface area (Å²) in [6, 6.07) is 10.5. The number of carbonyl (C=O) groups is 7. The number of fused-ring (bicyclic) bond motifs is 1. The molecule has 290 valence electrons. The van der Waals surface area contributed by atoms with E-state index in [9.17, 15) is 33.6 Å². The molecule has 0 saturated carbocycles. The summed E-state index contributed by atoms with van der Waals surface area (Å²) in [5.41, 5.74) is 7.66. The molecule has 54 heavy (non-hydrogen) atoms. The minimum atomic E-state index is -1.33. The Bertz CT molecular complexity index is 1800. The number of amides is 7. The number of aromatic amines is 1. The smallest absolute Gasteiger partial charge is 0.243 e. The molecule has 1 unspecified atom stereocenters. The highest BCUT2D eigenvalue weighted by atomic mass is 32.2. The van der Waals surface area contributed by atoms with Crippen LogP contribution in [0.25, 0.3) is 10.9 Å². The fourth-order valence-electron chi connectivity index (χ4n) is 6.18. The molecule has 1 aromatic heterocycles. The van der Waals surface area contributed by atoms with Crippen molar-refractivity contribution in [1.82, 2.24) is 36.9 Å². The normalized spacial score (nSPS) is 22.3. The summed E-state index contributed by atoms with van der Waals surface area (Å²) < 4.78 is 0. The van der Waals surface area contributed by atoms with Crippen LogP contribution >= 0.6 is 11.8 Å². The van der Waals surface area contributed by atoms with Gasteiger partial charge in [-0.1, -0.05) is 62.4 Å². The summed E-state index contributed by atoms with van der Waals surface area (Å²) in [6.45, 7) is 3.25. The van der Waals surface area contributed by atoms with E-state index in [1.807, 2.05) is 50.4 Å². The third-order valence-corrected chi connectivity index (χ3v) is 9.63. The van der Waals surface area contributed by atoms with E-state index in [0.29, 0.717) is 11.3 Å². The van der Waals surface area contributed by atoms with Crippen molar-refractivity contribution in [3.05, 3.63) is 71.9 Å². The highest BCUT2D eigenvalue weighted by molar-refractivity contribution is 7.98. The van der Waals surface area contributed by atoms with Gasteiger partial charge < -0.3 is 42.6 Å². The number of primary amides is 1. The van der Waals surface area contributed by atoms with Gasteiger partial charge in [-0.3, -0.25) is 33.6 Å². The number of para-hydroxylation sites is 1. The average Bonchev–Trinajstić information content (AvgIpc) is 3.55. The van der Waals surface area contributed by atoms with Crippen molar-refractivity contribution < 1.29 is 33.6 Å². The van der Waals surface area contributed by atoms with E-state index in [1.54, 1.807) is 30.5 Å². The number of benzene rings is 2. The number of nitrogens with one attached hydrogen (secondary N) is 7. The zero-order valence-electron chi connectivity index (χ0n) is 30.7. The summed E-state index contributed by atoms with van der Waals surface area (Å²) in [5.74, 6) is -4.34. The molecule has 1 aliphatic heterocycles. The van der Waals surface area contributed by atoms with Gasteiger partial charge in [-0.15, -0.1) is 0 Å². The number of thioether (sulfide) groups is 1. The Hall–Kier alpha value is -5.38. The molecule has 0 bridgehead atoms. The minimum absolute atomic E-state index is 0.0101. The lowest BCUT2D eigenvalue weighted by atomic mass is 10.0. The van der Waals surface area contributed by atoms with Gasteiger partial charge in [0.25, 0.3) is 0 Å². The standard InChI is InChI=1S/C38H50N8O7S/c1-22(2)17-29-37(52)44-28(15-16-54-3)36(51)43-27(13-14-32(39)47)35(50)46-31(19-24-20-40-26-12-8-7-11-25(24)26)38(53)45-30(18-23-9-5-4-6-10-23)34(49)41-21-33(48)42-29/h4-12,20,22,27-31,40H,13-19,21H2,1-3H3,(H2,39,47)(H,41,49)(H,42,48)(H,43,51)(H,44,52)(H,45,53)(H,46,50)/t27?,28-,29+,30+,31-/m1/s1. The van der Waals surface area contributed by atoms with E-state index in [1.165, 1.54) is 11.8 Å². The van der Waals surface area contributed by atoms with E-state index in [0.717, 1.165) is 16.5 Å².